The summed E-state index contributed by atoms with van der Waals surface area (Å²) in [5.74, 6) is 0. The van der Waals surface area contributed by atoms with Crippen LogP contribution in [0.15, 0.2) is 243 Å². The largest absolute Gasteiger partial charge is 0.323 e. The Labute approximate surface area is 362 Å². The van der Waals surface area contributed by atoms with E-state index in [2.05, 4.69) is 243 Å². The van der Waals surface area contributed by atoms with Gasteiger partial charge in [0.25, 0.3) is 0 Å². The zero-order chi connectivity index (χ0) is 41.0. The van der Waals surface area contributed by atoms with Crippen LogP contribution in [0.1, 0.15) is 0 Å². The molecule has 4 N–H and O–H groups in total. The third-order valence-corrected chi connectivity index (χ3v) is 22.2. The van der Waals surface area contributed by atoms with Gasteiger partial charge in [-0.15, -0.1) is 0 Å². The molecule has 0 heterocycles. The Hall–Kier alpha value is -4.60. The van der Waals surface area contributed by atoms with Crippen LogP contribution in [0.5, 0.6) is 0 Å². The van der Waals surface area contributed by atoms with Crippen LogP contribution in [0.3, 0.4) is 0 Å². The van der Waals surface area contributed by atoms with Gasteiger partial charge in [0.1, 0.15) is 0 Å². The van der Waals surface area contributed by atoms with E-state index < -0.39 is 42.8 Å². The van der Waals surface area contributed by atoms with Crippen molar-refractivity contribution in [2.45, 2.75) is 11.1 Å². The molecule has 0 spiro atoms. The van der Waals surface area contributed by atoms with Crippen LogP contribution < -0.4 is 53.9 Å². The molecule has 8 aromatic carbocycles. The summed E-state index contributed by atoms with van der Waals surface area (Å²) in [5, 5.41) is 10.6. The Morgan fingerprint density at radius 1 is 0.217 bits per heavy atom. The molecule has 60 heavy (non-hydrogen) atoms. The van der Waals surface area contributed by atoms with Crippen LogP contribution in [-0.2, 0) is 0 Å². The highest BCUT2D eigenvalue weighted by molar-refractivity contribution is 7.75. The van der Waals surface area contributed by atoms with E-state index in [1.165, 1.54) is 42.4 Å². The van der Waals surface area contributed by atoms with Crippen LogP contribution in [0.25, 0.3) is 0 Å². The molecule has 0 aliphatic carbocycles. The molecule has 0 saturated carbocycles. The standard InChI is InChI=1S/C54H52N2P4/c55-53(41-57(45-25-9-1-10-26-45)46-27-11-2-12-28-46,42-58(47-29-13-3-14-30-47)48-31-15-4-16-32-48)54(56,43-59(49-33-17-5-18-34-49)50-35-19-6-20-36-50)44-60(51-37-21-7-22-38-51)52-39-23-8-24-40-52/h1-40H,41-44,55-56H2. The fourth-order valence-electron chi connectivity index (χ4n) is 8.05. The van der Waals surface area contributed by atoms with Crippen molar-refractivity contribution in [2.24, 2.45) is 11.5 Å². The van der Waals surface area contributed by atoms with E-state index in [1.807, 2.05) is 0 Å². The second-order valence-corrected chi connectivity index (χ2v) is 24.2. The lowest BCUT2D eigenvalue weighted by Crippen LogP contribution is -2.73. The Morgan fingerprint density at radius 2 is 0.333 bits per heavy atom. The van der Waals surface area contributed by atoms with E-state index in [9.17, 15) is 0 Å². The summed E-state index contributed by atoms with van der Waals surface area (Å²) in [7, 11) is -3.68. The van der Waals surface area contributed by atoms with Gasteiger partial charge in [0.15, 0.2) is 0 Å². The summed E-state index contributed by atoms with van der Waals surface area (Å²) in [6.45, 7) is 0. The lowest BCUT2D eigenvalue weighted by Gasteiger charge is -2.52. The number of hydrogen-bond acceptors (Lipinski definition) is 2. The van der Waals surface area contributed by atoms with E-state index >= 15 is 0 Å². The maximum Gasteiger partial charge on any atom is 0.0435 e. The molecule has 0 unspecified atom stereocenters. The van der Waals surface area contributed by atoms with Gasteiger partial charge in [-0.3, -0.25) is 0 Å². The van der Waals surface area contributed by atoms with Crippen LogP contribution in [0.4, 0.5) is 0 Å². The van der Waals surface area contributed by atoms with Crippen LogP contribution >= 0.6 is 31.7 Å². The number of hydrogen-bond donors (Lipinski definition) is 2. The molecular formula is C54H52N2P4. The van der Waals surface area contributed by atoms with Gasteiger partial charge in [-0.1, -0.05) is 243 Å². The molecule has 8 rings (SSSR count). The van der Waals surface area contributed by atoms with Crippen molar-refractivity contribution in [1.29, 1.82) is 0 Å². The summed E-state index contributed by atoms with van der Waals surface area (Å²) in [4.78, 5) is 0. The second kappa shape index (κ2) is 20.3. The lowest BCUT2D eigenvalue weighted by atomic mass is 9.83. The summed E-state index contributed by atoms with van der Waals surface area (Å²) in [5.41, 5.74) is 15.7. The molecule has 298 valence electrons. The SMILES string of the molecule is NC(CP(c1ccccc1)c1ccccc1)(CP(c1ccccc1)c1ccccc1)C(N)(CP(c1ccccc1)c1ccccc1)CP(c1ccccc1)c1ccccc1. The van der Waals surface area contributed by atoms with Crippen molar-refractivity contribution < 1.29 is 0 Å². The van der Waals surface area contributed by atoms with Crippen LogP contribution in [0.2, 0.25) is 0 Å². The van der Waals surface area contributed by atoms with Crippen molar-refractivity contribution in [3.8, 4) is 0 Å². The van der Waals surface area contributed by atoms with E-state index in [4.69, 9.17) is 11.5 Å². The quantitative estimate of drug-likeness (QED) is 0.0901. The maximum atomic E-state index is 8.66. The first kappa shape index (κ1) is 42.1. The number of benzene rings is 8. The smallest absolute Gasteiger partial charge is 0.0435 e. The predicted octanol–water partition coefficient (Wildman–Crippen LogP) is 8.91. The van der Waals surface area contributed by atoms with Gasteiger partial charge in [0.05, 0.1) is 0 Å². The number of rotatable bonds is 17. The summed E-state index contributed by atoms with van der Waals surface area (Å²) in [6, 6.07) is 88.6. The van der Waals surface area contributed by atoms with E-state index in [1.54, 1.807) is 0 Å². The normalized spacial score (nSPS) is 12.0. The molecule has 0 saturated heterocycles. The molecule has 0 aliphatic rings. The maximum absolute atomic E-state index is 8.66. The molecule has 0 amide bonds. The van der Waals surface area contributed by atoms with Crippen LogP contribution in [0, 0.1) is 0 Å². The predicted molar refractivity (Wildman–Crippen MR) is 270 cm³/mol. The third-order valence-electron chi connectivity index (χ3n) is 11.3. The van der Waals surface area contributed by atoms with E-state index in [0.29, 0.717) is 0 Å². The van der Waals surface area contributed by atoms with Gasteiger partial charge >= 0.3 is 0 Å². The molecule has 0 aliphatic heterocycles. The topological polar surface area (TPSA) is 52.0 Å². The van der Waals surface area contributed by atoms with Crippen molar-refractivity contribution in [1.82, 2.24) is 0 Å². The van der Waals surface area contributed by atoms with Crippen molar-refractivity contribution in [3.05, 3.63) is 243 Å². The molecule has 2 nitrogen and oxygen atoms in total. The molecule has 0 atom stereocenters. The monoisotopic (exact) mass is 852 g/mol. The third kappa shape index (κ3) is 10.1. The second-order valence-electron chi connectivity index (χ2n) is 15.3. The van der Waals surface area contributed by atoms with E-state index in [-0.39, 0.29) is 0 Å². The Balaban J connectivity index is 1.38. The van der Waals surface area contributed by atoms with Crippen molar-refractivity contribution >= 4 is 74.1 Å². The zero-order valence-corrected chi connectivity index (χ0v) is 37.4. The first-order chi connectivity index (χ1) is 29.5. The molecule has 0 radical (unpaired) electrons. The average Bonchev–Trinajstić information content (AvgIpc) is 3.33. The molecule has 6 heteroatoms. The first-order valence-corrected chi connectivity index (χ1v) is 26.7. The summed E-state index contributed by atoms with van der Waals surface area (Å²) in [6.07, 6.45) is 2.96. The highest BCUT2D eigenvalue weighted by Crippen LogP contribution is 2.52. The van der Waals surface area contributed by atoms with Gasteiger partial charge in [-0.25, -0.2) is 0 Å². The fraction of sp³-hybridized carbons (Fsp3) is 0.111. The minimum atomic E-state index is -0.919. The molecule has 8 aromatic rings. The lowest BCUT2D eigenvalue weighted by molar-refractivity contribution is 0.329. The number of nitrogens with two attached hydrogens (primary N) is 2. The van der Waals surface area contributed by atoms with Crippen molar-refractivity contribution in [3.63, 3.8) is 0 Å². The highest BCUT2D eigenvalue weighted by atomic mass is 31.1. The Kier molecular flexibility index (Phi) is 14.3. The highest BCUT2D eigenvalue weighted by Gasteiger charge is 2.51. The van der Waals surface area contributed by atoms with Crippen molar-refractivity contribution in [2.75, 3.05) is 24.6 Å². The molecular weight excluding hydrogens is 801 g/mol. The van der Waals surface area contributed by atoms with Gasteiger partial charge in [-0.05, 0) is 98.8 Å². The minimum absolute atomic E-state index is 0.741. The Bertz CT molecular complexity index is 1960. The van der Waals surface area contributed by atoms with Crippen LogP contribution in [-0.4, -0.2) is 35.7 Å². The molecule has 0 fully saturated rings. The molecule has 0 bridgehead atoms. The minimum Gasteiger partial charge on any atom is -0.323 e. The van der Waals surface area contributed by atoms with Gasteiger partial charge in [0.2, 0.25) is 0 Å². The Morgan fingerprint density at radius 3 is 0.450 bits per heavy atom. The van der Waals surface area contributed by atoms with Gasteiger partial charge in [0, 0.05) is 11.1 Å². The first-order valence-electron chi connectivity index (χ1n) is 20.6. The average molecular weight is 853 g/mol. The van der Waals surface area contributed by atoms with E-state index in [0.717, 1.165) is 24.6 Å². The fourth-order valence-corrected chi connectivity index (χ4v) is 19.3. The summed E-state index contributed by atoms with van der Waals surface area (Å²) >= 11 is 0. The van der Waals surface area contributed by atoms with Gasteiger partial charge < -0.3 is 11.5 Å². The van der Waals surface area contributed by atoms with Gasteiger partial charge in [-0.2, -0.15) is 0 Å². The zero-order valence-electron chi connectivity index (χ0n) is 33.9. The summed E-state index contributed by atoms with van der Waals surface area (Å²) < 4.78 is 0. The molecule has 0 aromatic heterocycles.